The quantitative estimate of drug-likeness (QED) is 0.127. The zero-order valence-electron chi connectivity index (χ0n) is 40.6. The summed E-state index contributed by atoms with van der Waals surface area (Å²) in [4.78, 5) is 83.8. The predicted octanol–water partition coefficient (Wildman–Crippen LogP) is 6.39. The molecule has 5 heterocycles. The maximum atomic E-state index is 14.7. The molecule has 2 N–H and O–H groups in total. The van der Waals surface area contributed by atoms with Crippen LogP contribution in [0.1, 0.15) is 89.6 Å². The monoisotopic (exact) mass is 937 g/mol. The third-order valence-corrected chi connectivity index (χ3v) is 14.7. The second-order valence-electron chi connectivity index (χ2n) is 19.4. The van der Waals surface area contributed by atoms with Crippen molar-refractivity contribution in [1.82, 2.24) is 45.0 Å². The van der Waals surface area contributed by atoms with Gasteiger partial charge in [0, 0.05) is 98.9 Å². The van der Waals surface area contributed by atoms with Crippen molar-refractivity contribution in [3.63, 3.8) is 0 Å². The summed E-state index contributed by atoms with van der Waals surface area (Å²) in [5.74, 6) is -1.86. The van der Waals surface area contributed by atoms with Crippen LogP contribution in [0.15, 0.2) is 54.6 Å². The lowest BCUT2D eigenvalue weighted by Crippen LogP contribution is -2.63. The lowest BCUT2D eigenvalue weighted by molar-refractivity contribution is -0.155. The van der Waals surface area contributed by atoms with Gasteiger partial charge in [0.1, 0.15) is 18.1 Å². The number of hydrazine groups is 1. The van der Waals surface area contributed by atoms with Crippen LogP contribution in [-0.4, -0.2) is 136 Å². The van der Waals surface area contributed by atoms with Gasteiger partial charge in [0.15, 0.2) is 0 Å². The van der Waals surface area contributed by atoms with E-state index in [0.29, 0.717) is 50.2 Å². The molecule has 17 heteroatoms. The Hall–Kier alpha value is -5.65. The first kappa shape index (κ1) is 49.3. The molecule has 5 amide bonds. The van der Waals surface area contributed by atoms with Crippen LogP contribution in [0.25, 0.3) is 33.4 Å². The number of pyridine rings is 1. The summed E-state index contributed by atoms with van der Waals surface area (Å²) >= 11 is 1.41. The van der Waals surface area contributed by atoms with Gasteiger partial charge in [-0.05, 0) is 87.8 Å². The molecule has 0 radical (unpaired) electrons. The van der Waals surface area contributed by atoms with E-state index < -0.39 is 41.3 Å². The van der Waals surface area contributed by atoms with E-state index in [9.17, 15) is 24.0 Å². The number of carbonyl (C=O) groups is 5. The van der Waals surface area contributed by atoms with Crippen molar-refractivity contribution >= 4 is 52.0 Å². The summed E-state index contributed by atoms with van der Waals surface area (Å²) < 4.78 is 14.2. The molecule has 16 nitrogen and oxygen atoms in total. The van der Waals surface area contributed by atoms with Crippen LogP contribution in [0.4, 0.5) is 4.79 Å². The standard InChI is InChI=1S/C50H67N9O7S/c1-12-42(60)55(8)32-23-33(24-32)56(9)49(64)57(10)44(29(3)4)46(61)53-38-25-41-52-39(27-67-41)31-18-19-40-35(22-31)36(45(58(40)13-2)34-16-14-20-51-43(34)30(5)65-11)26-50(6,7)28-66-48(63)37-17-15-21-59(54-37)47(38)62/h12,14,16,18-20,22,27,29-30,32-33,37-38,44,54H,1,13,15,17,21,23-26,28H2,2-11H3,(H,53,61)/t30-,32-,33+,37-,38-,44-/m0/s1. The third kappa shape index (κ3) is 10.1. The van der Waals surface area contributed by atoms with Crippen LogP contribution >= 0.6 is 11.3 Å². The first-order chi connectivity index (χ1) is 31.9. The number of hydrogen-bond acceptors (Lipinski definition) is 11. The molecule has 3 aromatic heterocycles. The number of thiazole rings is 1. The Bertz CT molecular complexity index is 2510. The van der Waals surface area contributed by atoms with E-state index in [-0.39, 0.29) is 49.1 Å². The molecule has 6 bridgehead atoms. The number of aryl methyl sites for hydroxylation is 1. The highest BCUT2D eigenvalue weighted by Gasteiger charge is 2.42. The van der Waals surface area contributed by atoms with Crippen molar-refractivity contribution in [2.75, 3.05) is 41.4 Å². The summed E-state index contributed by atoms with van der Waals surface area (Å²) in [5, 5.41) is 8.11. The molecular formula is C50H67N9O7S. The molecule has 67 heavy (non-hydrogen) atoms. The minimum atomic E-state index is -1.09. The molecule has 4 atom stereocenters. The van der Waals surface area contributed by atoms with Gasteiger partial charge in [0.2, 0.25) is 11.8 Å². The Kier molecular flexibility index (Phi) is 14.9. The molecule has 1 aromatic carbocycles. The molecule has 1 aliphatic carbocycles. The fourth-order valence-corrected chi connectivity index (χ4v) is 10.6. The van der Waals surface area contributed by atoms with Gasteiger partial charge in [0.25, 0.3) is 5.91 Å². The average Bonchev–Trinajstić information content (AvgIpc) is 3.89. The molecule has 1 saturated heterocycles. The molecule has 7 rings (SSSR count). The number of esters is 1. The van der Waals surface area contributed by atoms with Crippen LogP contribution in [-0.2, 0) is 48.0 Å². The first-order valence-electron chi connectivity index (χ1n) is 23.4. The van der Waals surface area contributed by atoms with Crippen molar-refractivity contribution in [2.24, 2.45) is 11.3 Å². The zero-order valence-corrected chi connectivity index (χ0v) is 41.4. The van der Waals surface area contributed by atoms with Crippen molar-refractivity contribution in [3.8, 4) is 22.5 Å². The SMILES string of the molecule is C=CC(=O)N(C)[C@H]1C[C@@H](N(C)C(=O)N(C)[C@H](C(=O)N[C@H]2Cc3nc(cs3)-c3ccc4c(c3)c(c(-c3cccnc3[C@H](C)OC)n4CC)CC(C)(C)COC(=O)[C@@H]3CCCN(N3)C2=O)C(C)C)C1. The minimum Gasteiger partial charge on any atom is -0.464 e. The number of aromatic nitrogens is 3. The lowest BCUT2D eigenvalue weighted by atomic mass is 9.84. The van der Waals surface area contributed by atoms with Gasteiger partial charge in [0.05, 0.1) is 34.8 Å². The van der Waals surface area contributed by atoms with Crippen LogP contribution in [0.5, 0.6) is 0 Å². The summed E-state index contributed by atoms with van der Waals surface area (Å²) in [6.45, 7) is 16.8. The number of cyclic esters (lactones) is 1. The topological polar surface area (TPSA) is 172 Å². The molecule has 2 aliphatic heterocycles. The second-order valence-corrected chi connectivity index (χ2v) is 20.3. The summed E-state index contributed by atoms with van der Waals surface area (Å²) in [6.07, 6.45) is 5.67. The van der Waals surface area contributed by atoms with Crippen LogP contribution in [0.3, 0.4) is 0 Å². The Morgan fingerprint density at radius 3 is 2.52 bits per heavy atom. The molecule has 0 spiro atoms. The van der Waals surface area contributed by atoms with Crippen LogP contribution in [0, 0.1) is 11.3 Å². The Labute approximate surface area is 398 Å². The summed E-state index contributed by atoms with van der Waals surface area (Å²) in [5.41, 5.74) is 9.26. The molecular weight excluding hydrogens is 871 g/mol. The fraction of sp³-hybridized carbons (Fsp3) is 0.540. The number of hydrogen-bond donors (Lipinski definition) is 2. The zero-order chi connectivity index (χ0) is 48.5. The molecule has 360 valence electrons. The number of likely N-dealkylation sites (N-methyl/N-ethyl adjacent to an activating group) is 2. The van der Waals surface area contributed by atoms with Gasteiger partial charge in [-0.2, -0.15) is 0 Å². The van der Waals surface area contributed by atoms with E-state index in [1.54, 1.807) is 44.2 Å². The highest BCUT2D eigenvalue weighted by Crippen LogP contribution is 2.42. The van der Waals surface area contributed by atoms with Crippen LogP contribution < -0.4 is 10.7 Å². The molecule has 3 aliphatic rings. The Morgan fingerprint density at radius 1 is 1.10 bits per heavy atom. The van der Waals surface area contributed by atoms with Gasteiger partial charge in [-0.3, -0.25) is 29.2 Å². The lowest BCUT2D eigenvalue weighted by Gasteiger charge is -2.46. The Balaban J connectivity index is 1.23. The third-order valence-electron chi connectivity index (χ3n) is 13.8. The van der Waals surface area contributed by atoms with Crippen molar-refractivity contribution in [3.05, 3.63) is 70.8 Å². The van der Waals surface area contributed by atoms with E-state index in [4.69, 9.17) is 19.4 Å². The molecule has 0 unspecified atom stereocenters. The van der Waals surface area contributed by atoms with Gasteiger partial charge >= 0.3 is 12.0 Å². The van der Waals surface area contributed by atoms with Gasteiger partial charge < -0.3 is 34.1 Å². The maximum absolute atomic E-state index is 14.7. The number of amides is 5. The number of carbonyl (C=O) groups excluding carboxylic acids is 5. The summed E-state index contributed by atoms with van der Waals surface area (Å²) in [6, 6.07) is 7.13. The molecule has 4 aromatic rings. The number of fused-ring (bicyclic) bond motifs is 6. The smallest absolute Gasteiger partial charge is 0.324 e. The van der Waals surface area contributed by atoms with E-state index in [1.165, 1.54) is 27.3 Å². The highest BCUT2D eigenvalue weighted by molar-refractivity contribution is 7.10. The largest absolute Gasteiger partial charge is 0.464 e. The summed E-state index contributed by atoms with van der Waals surface area (Å²) in [7, 11) is 6.72. The number of ether oxygens (including phenoxy) is 2. The first-order valence-corrected chi connectivity index (χ1v) is 24.3. The van der Waals surface area contributed by atoms with Gasteiger partial charge in [-0.1, -0.05) is 40.3 Å². The Morgan fingerprint density at radius 2 is 1.84 bits per heavy atom. The highest BCUT2D eigenvalue weighted by atomic mass is 32.1. The van der Waals surface area contributed by atoms with E-state index in [1.807, 2.05) is 32.2 Å². The minimum absolute atomic E-state index is 0.0145. The normalized spacial score (nSPS) is 21.7. The number of urea groups is 1. The molecule has 1 saturated carbocycles. The van der Waals surface area contributed by atoms with E-state index in [2.05, 4.69) is 66.9 Å². The van der Waals surface area contributed by atoms with Gasteiger partial charge in [-0.25, -0.2) is 15.2 Å². The van der Waals surface area contributed by atoms with Crippen molar-refractivity contribution in [2.45, 2.75) is 123 Å². The van der Waals surface area contributed by atoms with E-state index >= 15 is 0 Å². The van der Waals surface area contributed by atoms with E-state index in [0.717, 1.165) is 44.7 Å². The number of methoxy groups -OCH3 is 1. The maximum Gasteiger partial charge on any atom is 0.324 e. The number of benzene rings is 1. The fourth-order valence-electron chi connectivity index (χ4n) is 9.79. The van der Waals surface area contributed by atoms with Crippen LogP contribution in [0.2, 0.25) is 0 Å². The number of nitrogens with zero attached hydrogens (tertiary/aromatic N) is 7. The van der Waals surface area contributed by atoms with Gasteiger partial charge in [-0.15, -0.1) is 11.3 Å². The average molecular weight is 938 g/mol. The van der Waals surface area contributed by atoms with Crippen molar-refractivity contribution in [1.29, 1.82) is 0 Å². The number of nitrogens with one attached hydrogen (secondary N) is 2. The second kappa shape index (κ2) is 20.3. The van der Waals surface area contributed by atoms with Crippen molar-refractivity contribution < 1.29 is 33.4 Å². The molecule has 2 fully saturated rings. The predicted molar refractivity (Wildman–Crippen MR) is 259 cm³/mol. The number of rotatable bonds is 11.